The minimum atomic E-state index is -1.13. The molecule has 0 spiro atoms. The van der Waals surface area contributed by atoms with E-state index in [4.69, 9.17) is 15.1 Å². The highest BCUT2D eigenvalue weighted by atomic mass is 19.1. The minimum absolute atomic E-state index is 0.0148. The molecule has 0 aliphatic heterocycles. The molecule has 1 N–H and O–H groups in total. The summed E-state index contributed by atoms with van der Waals surface area (Å²) in [6.07, 6.45) is 1.25. The van der Waals surface area contributed by atoms with Crippen molar-refractivity contribution < 1.29 is 19.0 Å². The number of carbonyl (C=O) groups is 1. The van der Waals surface area contributed by atoms with Crippen molar-refractivity contribution >= 4 is 5.97 Å². The zero-order valence-electron chi connectivity index (χ0n) is 9.50. The fraction of sp³-hybridized carbons (Fsp3) is 0. The zero-order valence-corrected chi connectivity index (χ0v) is 9.50. The first kappa shape index (κ1) is 12.5. The summed E-state index contributed by atoms with van der Waals surface area (Å²) in [5, 5.41) is 17.4. The number of aromatic carboxylic acids is 1. The van der Waals surface area contributed by atoms with Gasteiger partial charge in [0.2, 0.25) is 5.88 Å². The van der Waals surface area contributed by atoms with Crippen LogP contribution < -0.4 is 4.74 Å². The molecule has 0 amide bonds. The number of pyridine rings is 1. The molecule has 1 heterocycles. The zero-order chi connectivity index (χ0) is 13.8. The molecule has 1 aromatic heterocycles. The number of hydrogen-bond acceptors (Lipinski definition) is 4. The fourth-order valence-electron chi connectivity index (χ4n) is 1.36. The smallest absolute Gasteiger partial charge is 0.335 e. The van der Waals surface area contributed by atoms with E-state index in [-0.39, 0.29) is 22.8 Å². The SMILES string of the molecule is N#Cc1ccc(Oc2cc(C(=O)O)ccn2)c(F)c1. The number of halogens is 1. The van der Waals surface area contributed by atoms with E-state index in [0.717, 1.165) is 6.07 Å². The van der Waals surface area contributed by atoms with Crippen LogP contribution in [-0.4, -0.2) is 16.1 Å². The van der Waals surface area contributed by atoms with Crippen molar-refractivity contribution in [3.63, 3.8) is 0 Å². The van der Waals surface area contributed by atoms with Gasteiger partial charge >= 0.3 is 5.97 Å². The summed E-state index contributed by atoms with van der Waals surface area (Å²) >= 11 is 0. The van der Waals surface area contributed by atoms with E-state index >= 15 is 0 Å². The van der Waals surface area contributed by atoms with E-state index in [1.807, 2.05) is 0 Å². The van der Waals surface area contributed by atoms with Crippen LogP contribution in [-0.2, 0) is 0 Å². The maximum Gasteiger partial charge on any atom is 0.335 e. The lowest BCUT2D eigenvalue weighted by molar-refractivity contribution is 0.0696. The molecular formula is C13H7FN2O3. The Hall–Kier alpha value is -2.94. The molecular weight excluding hydrogens is 251 g/mol. The molecule has 0 atom stereocenters. The van der Waals surface area contributed by atoms with Crippen LogP contribution in [0, 0.1) is 17.1 Å². The average Bonchev–Trinajstić information content (AvgIpc) is 2.41. The number of carboxylic acid groups (broad SMARTS) is 1. The number of carboxylic acids is 1. The third-order valence-electron chi connectivity index (χ3n) is 2.26. The predicted octanol–water partition coefficient (Wildman–Crippen LogP) is 2.58. The first-order valence-corrected chi connectivity index (χ1v) is 5.17. The van der Waals surface area contributed by atoms with Crippen LogP contribution in [0.4, 0.5) is 4.39 Å². The van der Waals surface area contributed by atoms with Crippen LogP contribution in [0.3, 0.4) is 0 Å². The van der Waals surface area contributed by atoms with Crippen LogP contribution in [0.1, 0.15) is 15.9 Å². The van der Waals surface area contributed by atoms with Crippen molar-refractivity contribution in [2.45, 2.75) is 0 Å². The Balaban J connectivity index is 2.29. The summed E-state index contributed by atoms with van der Waals surface area (Å²) in [4.78, 5) is 14.5. The monoisotopic (exact) mass is 258 g/mol. The number of benzene rings is 1. The molecule has 0 fully saturated rings. The number of rotatable bonds is 3. The highest BCUT2D eigenvalue weighted by molar-refractivity contribution is 5.87. The molecule has 2 rings (SSSR count). The van der Waals surface area contributed by atoms with Crippen LogP contribution >= 0.6 is 0 Å². The standard InChI is InChI=1S/C13H7FN2O3/c14-10-5-8(7-15)1-2-11(10)19-12-6-9(13(17)18)3-4-16-12/h1-6H,(H,17,18). The van der Waals surface area contributed by atoms with Gasteiger partial charge in [0, 0.05) is 12.3 Å². The van der Waals surface area contributed by atoms with Crippen LogP contribution in [0.5, 0.6) is 11.6 Å². The van der Waals surface area contributed by atoms with E-state index in [1.54, 1.807) is 6.07 Å². The van der Waals surface area contributed by atoms with Gasteiger partial charge in [-0.15, -0.1) is 0 Å². The second-order valence-electron chi connectivity index (χ2n) is 3.55. The summed E-state index contributed by atoms with van der Waals surface area (Å²) in [6.45, 7) is 0. The summed E-state index contributed by atoms with van der Waals surface area (Å²) < 4.78 is 18.7. The van der Waals surface area contributed by atoms with Gasteiger partial charge in [-0.1, -0.05) is 0 Å². The van der Waals surface area contributed by atoms with E-state index in [1.165, 1.54) is 30.5 Å². The first-order valence-electron chi connectivity index (χ1n) is 5.17. The lowest BCUT2D eigenvalue weighted by Crippen LogP contribution is -1.98. The van der Waals surface area contributed by atoms with Crippen LogP contribution in [0.15, 0.2) is 36.5 Å². The maximum absolute atomic E-state index is 13.6. The van der Waals surface area contributed by atoms with Gasteiger partial charge in [0.25, 0.3) is 0 Å². The third kappa shape index (κ3) is 2.84. The average molecular weight is 258 g/mol. The molecule has 0 aliphatic rings. The molecule has 0 radical (unpaired) electrons. The van der Waals surface area contributed by atoms with E-state index in [9.17, 15) is 9.18 Å². The van der Waals surface area contributed by atoms with Gasteiger partial charge in [0.15, 0.2) is 11.6 Å². The Labute approximate surface area is 107 Å². The van der Waals surface area contributed by atoms with Crippen molar-refractivity contribution in [1.82, 2.24) is 4.98 Å². The van der Waals surface area contributed by atoms with Crippen molar-refractivity contribution in [1.29, 1.82) is 5.26 Å². The number of ether oxygens (including phenoxy) is 1. The fourth-order valence-corrected chi connectivity index (χ4v) is 1.36. The molecule has 5 nitrogen and oxygen atoms in total. The third-order valence-corrected chi connectivity index (χ3v) is 2.26. The summed E-state index contributed by atoms with van der Waals surface area (Å²) in [5.41, 5.74) is 0.149. The summed E-state index contributed by atoms with van der Waals surface area (Å²) in [6, 6.07) is 7.96. The highest BCUT2D eigenvalue weighted by Crippen LogP contribution is 2.24. The number of aromatic nitrogens is 1. The molecule has 2 aromatic rings. The van der Waals surface area contributed by atoms with Gasteiger partial charge in [0.1, 0.15) is 0 Å². The number of nitriles is 1. The van der Waals surface area contributed by atoms with Crippen molar-refractivity contribution in [2.24, 2.45) is 0 Å². The Morgan fingerprint density at radius 1 is 1.37 bits per heavy atom. The Morgan fingerprint density at radius 3 is 2.79 bits per heavy atom. The Kier molecular flexibility index (Phi) is 3.39. The van der Waals surface area contributed by atoms with Crippen molar-refractivity contribution in [2.75, 3.05) is 0 Å². The number of nitrogens with zero attached hydrogens (tertiary/aromatic N) is 2. The predicted molar refractivity (Wildman–Crippen MR) is 62.4 cm³/mol. The van der Waals surface area contributed by atoms with Gasteiger partial charge in [0.05, 0.1) is 17.2 Å². The topological polar surface area (TPSA) is 83.2 Å². The largest absolute Gasteiger partial charge is 0.478 e. The van der Waals surface area contributed by atoms with Gasteiger partial charge in [-0.3, -0.25) is 0 Å². The second kappa shape index (κ2) is 5.14. The van der Waals surface area contributed by atoms with Crippen molar-refractivity contribution in [3.05, 3.63) is 53.5 Å². The molecule has 1 aromatic carbocycles. The van der Waals surface area contributed by atoms with Crippen molar-refractivity contribution in [3.8, 4) is 17.7 Å². The number of hydrogen-bond donors (Lipinski definition) is 1. The molecule has 0 aliphatic carbocycles. The first-order chi connectivity index (χ1) is 9.10. The lowest BCUT2D eigenvalue weighted by Gasteiger charge is -2.06. The Bertz CT molecular complexity index is 680. The molecule has 0 saturated carbocycles. The summed E-state index contributed by atoms with van der Waals surface area (Å²) in [7, 11) is 0. The summed E-state index contributed by atoms with van der Waals surface area (Å²) in [5.74, 6) is -2.02. The van der Waals surface area contributed by atoms with Gasteiger partial charge in [-0.2, -0.15) is 5.26 Å². The highest BCUT2D eigenvalue weighted by Gasteiger charge is 2.09. The van der Waals surface area contributed by atoms with Gasteiger partial charge < -0.3 is 9.84 Å². The van der Waals surface area contributed by atoms with Crippen LogP contribution in [0.25, 0.3) is 0 Å². The normalized spacial score (nSPS) is 9.68. The molecule has 19 heavy (non-hydrogen) atoms. The molecule has 0 bridgehead atoms. The molecule has 0 unspecified atom stereocenters. The molecule has 0 saturated heterocycles. The van der Waals surface area contributed by atoms with E-state index in [0.29, 0.717) is 0 Å². The van der Waals surface area contributed by atoms with Gasteiger partial charge in [-0.05, 0) is 24.3 Å². The lowest BCUT2D eigenvalue weighted by atomic mass is 10.2. The minimum Gasteiger partial charge on any atom is -0.478 e. The maximum atomic E-state index is 13.6. The molecule has 6 heteroatoms. The molecule has 94 valence electrons. The van der Waals surface area contributed by atoms with Crippen LogP contribution in [0.2, 0.25) is 0 Å². The van der Waals surface area contributed by atoms with Gasteiger partial charge in [-0.25, -0.2) is 14.2 Å². The second-order valence-corrected chi connectivity index (χ2v) is 3.55. The van der Waals surface area contributed by atoms with E-state index in [2.05, 4.69) is 4.98 Å². The quantitative estimate of drug-likeness (QED) is 0.914. The van der Waals surface area contributed by atoms with E-state index < -0.39 is 11.8 Å². The Morgan fingerprint density at radius 2 is 2.16 bits per heavy atom.